The van der Waals surface area contributed by atoms with Gasteiger partial charge in [-0.1, -0.05) is 40.5 Å². The van der Waals surface area contributed by atoms with Gasteiger partial charge in [0.05, 0.1) is 6.61 Å². The Morgan fingerprint density at radius 1 is 1.21 bits per heavy atom. The van der Waals surface area contributed by atoms with E-state index in [1.165, 1.54) is 11.8 Å². The highest BCUT2D eigenvalue weighted by atomic mass is 32.2. The first-order chi connectivity index (χ1) is 8.69. The van der Waals surface area contributed by atoms with Gasteiger partial charge in [-0.25, -0.2) is 0 Å². The SMILES string of the molecule is CCCCC(CSC(C)(C)C)(C(=O)O)C(=O)OCC. The van der Waals surface area contributed by atoms with Crippen LogP contribution in [0.5, 0.6) is 0 Å². The summed E-state index contributed by atoms with van der Waals surface area (Å²) in [5, 5.41) is 9.53. The number of ether oxygens (including phenoxy) is 1. The lowest BCUT2D eigenvalue weighted by atomic mass is 9.84. The summed E-state index contributed by atoms with van der Waals surface area (Å²) in [5.74, 6) is -1.42. The Kier molecular flexibility index (Phi) is 7.49. The van der Waals surface area contributed by atoms with Gasteiger partial charge in [0.2, 0.25) is 0 Å². The average molecular weight is 290 g/mol. The second-order valence-corrected chi connectivity index (χ2v) is 7.41. The maximum absolute atomic E-state index is 12.1. The molecule has 0 amide bonds. The fourth-order valence-corrected chi connectivity index (χ4v) is 2.64. The van der Waals surface area contributed by atoms with Crippen LogP contribution >= 0.6 is 11.8 Å². The smallest absolute Gasteiger partial charge is 0.324 e. The third-order valence-corrected chi connectivity index (χ3v) is 4.29. The van der Waals surface area contributed by atoms with Gasteiger partial charge in [0.1, 0.15) is 0 Å². The second kappa shape index (κ2) is 7.78. The molecule has 0 saturated carbocycles. The van der Waals surface area contributed by atoms with Gasteiger partial charge in [0.15, 0.2) is 5.41 Å². The van der Waals surface area contributed by atoms with Crippen molar-refractivity contribution in [1.82, 2.24) is 0 Å². The van der Waals surface area contributed by atoms with Crippen LogP contribution in [0.15, 0.2) is 0 Å². The molecule has 0 aromatic heterocycles. The fourth-order valence-electron chi connectivity index (χ4n) is 1.58. The molecule has 1 N–H and O–H groups in total. The maximum Gasteiger partial charge on any atom is 0.324 e. The molecule has 4 nitrogen and oxygen atoms in total. The number of thioether (sulfide) groups is 1. The molecule has 1 atom stereocenters. The summed E-state index contributed by atoms with van der Waals surface area (Å²) in [6.07, 6.45) is 1.89. The molecule has 19 heavy (non-hydrogen) atoms. The third kappa shape index (κ3) is 5.85. The van der Waals surface area contributed by atoms with Crippen LogP contribution in [0.1, 0.15) is 53.9 Å². The van der Waals surface area contributed by atoms with Crippen molar-refractivity contribution in [3.63, 3.8) is 0 Å². The Bertz CT molecular complexity index is 309. The van der Waals surface area contributed by atoms with E-state index >= 15 is 0 Å². The normalized spacial score (nSPS) is 14.8. The molecule has 0 rings (SSSR count). The van der Waals surface area contributed by atoms with E-state index in [1.54, 1.807) is 6.92 Å². The van der Waals surface area contributed by atoms with Crippen molar-refractivity contribution >= 4 is 23.7 Å². The summed E-state index contributed by atoms with van der Waals surface area (Å²) in [6, 6.07) is 0. The van der Waals surface area contributed by atoms with Crippen molar-refractivity contribution in [2.75, 3.05) is 12.4 Å². The zero-order valence-corrected chi connectivity index (χ0v) is 13.4. The van der Waals surface area contributed by atoms with Crippen LogP contribution in [-0.2, 0) is 14.3 Å². The van der Waals surface area contributed by atoms with Crippen LogP contribution in [0.2, 0.25) is 0 Å². The first-order valence-corrected chi connectivity index (χ1v) is 7.72. The quantitative estimate of drug-likeness (QED) is 0.548. The molecule has 5 heteroatoms. The van der Waals surface area contributed by atoms with E-state index in [1.807, 2.05) is 27.7 Å². The van der Waals surface area contributed by atoms with Crippen LogP contribution < -0.4 is 0 Å². The molecule has 0 aromatic carbocycles. The lowest BCUT2D eigenvalue weighted by molar-refractivity contribution is -0.167. The van der Waals surface area contributed by atoms with E-state index in [-0.39, 0.29) is 17.1 Å². The number of carboxylic acids is 1. The van der Waals surface area contributed by atoms with Gasteiger partial charge in [-0.2, -0.15) is 11.8 Å². The molecule has 1 unspecified atom stereocenters. The maximum atomic E-state index is 12.1. The second-order valence-electron chi connectivity index (χ2n) is 5.61. The Balaban J connectivity index is 5.13. The van der Waals surface area contributed by atoms with Gasteiger partial charge in [0.25, 0.3) is 0 Å². The number of hydrogen-bond donors (Lipinski definition) is 1. The highest BCUT2D eigenvalue weighted by Gasteiger charge is 2.47. The molecule has 0 aliphatic rings. The lowest BCUT2D eigenvalue weighted by Crippen LogP contribution is -2.44. The molecular formula is C14H26O4S. The van der Waals surface area contributed by atoms with Crippen molar-refractivity contribution < 1.29 is 19.4 Å². The first-order valence-electron chi connectivity index (χ1n) is 6.74. The van der Waals surface area contributed by atoms with Crippen LogP contribution in [0.25, 0.3) is 0 Å². The first kappa shape index (κ1) is 18.3. The summed E-state index contributed by atoms with van der Waals surface area (Å²) in [4.78, 5) is 23.8. The number of carbonyl (C=O) groups is 2. The number of unbranched alkanes of at least 4 members (excludes halogenated alkanes) is 1. The third-order valence-electron chi connectivity index (χ3n) is 2.78. The van der Waals surface area contributed by atoms with E-state index in [4.69, 9.17) is 4.74 Å². The summed E-state index contributed by atoms with van der Waals surface area (Å²) in [6.45, 7) is 9.91. The zero-order valence-electron chi connectivity index (χ0n) is 12.6. The number of carbonyl (C=O) groups excluding carboxylic acids is 1. The van der Waals surface area contributed by atoms with Gasteiger partial charge in [-0.15, -0.1) is 0 Å². The highest BCUT2D eigenvalue weighted by molar-refractivity contribution is 8.00. The molecule has 0 aliphatic heterocycles. The number of carboxylic acid groups (broad SMARTS) is 1. The Morgan fingerprint density at radius 3 is 2.16 bits per heavy atom. The summed E-state index contributed by atoms with van der Waals surface area (Å²) in [5.41, 5.74) is -1.41. The number of aliphatic carboxylic acids is 1. The van der Waals surface area contributed by atoms with E-state index < -0.39 is 17.4 Å². The molecular weight excluding hydrogens is 264 g/mol. The summed E-state index contributed by atoms with van der Waals surface area (Å²) >= 11 is 1.49. The highest BCUT2D eigenvalue weighted by Crippen LogP contribution is 2.36. The molecule has 0 bridgehead atoms. The Labute approximate surface area is 120 Å². The molecule has 0 heterocycles. The molecule has 112 valence electrons. The summed E-state index contributed by atoms with van der Waals surface area (Å²) < 4.78 is 4.91. The van der Waals surface area contributed by atoms with Crippen LogP contribution in [-0.4, -0.2) is 34.2 Å². The van der Waals surface area contributed by atoms with E-state index in [2.05, 4.69) is 0 Å². The molecule has 0 fully saturated rings. The largest absolute Gasteiger partial charge is 0.480 e. The van der Waals surface area contributed by atoms with E-state index in [0.717, 1.165) is 6.42 Å². The van der Waals surface area contributed by atoms with Crippen molar-refractivity contribution in [3.8, 4) is 0 Å². The van der Waals surface area contributed by atoms with Crippen molar-refractivity contribution in [1.29, 1.82) is 0 Å². The molecule has 0 aliphatic carbocycles. The standard InChI is InChI=1S/C14H26O4S/c1-6-8-9-14(11(15)16,12(17)18-7-2)10-19-13(3,4)5/h6-10H2,1-5H3,(H,15,16). The minimum absolute atomic E-state index is 0.0839. The molecule has 0 spiro atoms. The van der Waals surface area contributed by atoms with Gasteiger partial charge >= 0.3 is 11.9 Å². The van der Waals surface area contributed by atoms with Crippen molar-refractivity contribution in [3.05, 3.63) is 0 Å². The number of rotatable bonds is 8. The van der Waals surface area contributed by atoms with Crippen LogP contribution in [0.4, 0.5) is 0 Å². The van der Waals surface area contributed by atoms with Gasteiger partial charge < -0.3 is 9.84 Å². The zero-order chi connectivity index (χ0) is 15.1. The predicted molar refractivity (Wildman–Crippen MR) is 78.4 cm³/mol. The predicted octanol–water partition coefficient (Wildman–Crippen LogP) is 3.34. The van der Waals surface area contributed by atoms with Crippen molar-refractivity contribution in [2.45, 2.75) is 58.6 Å². The van der Waals surface area contributed by atoms with E-state index in [0.29, 0.717) is 12.8 Å². The van der Waals surface area contributed by atoms with Gasteiger partial charge in [-0.3, -0.25) is 9.59 Å². The van der Waals surface area contributed by atoms with Gasteiger partial charge in [-0.05, 0) is 13.3 Å². The molecule has 0 saturated heterocycles. The fraction of sp³-hybridized carbons (Fsp3) is 0.857. The lowest BCUT2D eigenvalue weighted by Gasteiger charge is -2.29. The molecule has 0 aromatic rings. The monoisotopic (exact) mass is 290 g/mol. The van der Waals surface area contributed by atoms with Crippen molar-refractivity contribution in [2.24, 2.45) is 5.41 Å². The topological polar surface area (TPSA) is 63.6 Å². The minimum atomic E-state index is -1.41. The average Bonchev–Trinajstić information content (AvgIpc) is 2.28. The van der Waals surface area contributed by atoms with Crippen LogP contribution in [0, 0.1) is 5.41 Å². The number of esters is 1. The Morgan fingerprint density at radius 2 is 1.79 bits per heavy atom. The summed E-state index contributed by atoms with van der Waals surface area (Å²) in [7, 11) is 0. The van der Waals surface area contributed by atoms with E-state index in [9.17, 15) is 14.7 Å². The Hall–Kier alpha value is -0.710. The minimum Gasteiger partial charge on any atom is -0.480 e. The van der Waals surface area contributed by atoms with Gasteiger partial charge in [0, 0.05) is 10.5 Å². The number of hydrogen-bond acceptors (Lipinski definition) is 4. The molecule has 0 radical (unpaired) electrons. The van der Waals surface area contributed by atoms with Crippen LogP contribution in [0.3, 0.4) is 0 Å².